The molecule has 0 saturated heterocycles. The largest absolute Gasteiger partial charge is 0.239 e. The molecule has 1 rings (SSSR count). The SMILES string of the molecule is NS(=O)(=O)c1cc(Cl)cc(Br)c1Br. The van der Waals surface area contributed by atoms with Gasteiger partial charge in [-0.05, 0) is 44.0 Å². The molecule has 0 saturated carbocycles. The van der Waals surface area contributed by atoms with Gasteiger partial charge in [0.25, 0.3) is 0 Å². The van der Waals surface area contributed by atoms with Gasteiger partial charge in [-0.25, -0.2) is 13.6 Å². The first-order valence-electron chi connectivity index (χ1n) is 2.99. The van der Waals surface area contributed by atoms with Gasteiger partial charge in [0.15, 0.2) is 0 Å². The summed E-state index contributed by atoms with van der Waals surface area (Å²) in [5, 5.41) is 5.26. The second-order valence-electron chi connectivity index (χ2n) is 2.24. The molecule has 7 heteroatoms. The molecule has 0 spiro atoms. The Morgan fingerprint density at radius 2 is 1.85 bits per heavy atom. The van der Waals surface area contributed by atoms with Crippen LogP contribution in [0.2, 0.25) is 5.02 Å². The maximum atomic E-state index is 11.0. The maximum absolute atomic E-state index is 11.0. The molecule has 0 aliphatic carbocycles. The number of hydrogen-bond donors (Lipinski definition) is 1. The zero-order valence-corrected chi connectivity index (χ0v) is 10.8. The Kier molecular flexibility index (Phi) is 3.40. The van der Waals surface area contributed by atoms with E-state index in [-0.39, 0.29) is 4.90 Å². The summed E-state index contributed by atoms with van der Waals surface area (Å²) in [6, 6.07) is 2.85. The number of nitrogens with two attached hydrogens (primary N) is 1. The van der Waals surface area contributed by atoms with Crippen LogP contribution in [0.15, 0.2) is 26.0 Å². The Bertz CT molecular complexity index is 446. The van der Waals surface area contributed by atoms with Gasteiger partial charge < -0.3 is 0 Å². The molecule has 0 amide bonds. The molecule has 0 heterocycles. The minimum absolute atomic E-state index is 0.0353. The average Bonchev–Trinajstić information content (AvgIpc) is 1.94. The van der Waals surface area contributed by atoms with Crippen LogP contribution in [0, 0.1) is 0 Å². The van der Waals surface area contributed by atoms with Crippen molar-refractivity contribution in [1.82, 2.24) is 0 Å². The van der Waals surface area contributed by atoms with Crippen LogP contribution in [-0.4, -0.2) is 8.42 Å². The Morgan fingerprint density at radius 1 is 1.31 bits per heavy atom. The average molecular weight is 349 g/mol. The van der Waals surface area contributed by atoms with E-state index in [1.165, 1.54) is 6.07 Å². The van der Waals surface area contributed by atoms with Gasteiger partial charge in [-0.2, -0.15) is 0 Å². The van der Waals surface area contributed by atoms with Crippen molar-refractivity contribution < 1.29 is 8.42 Å². The lowest BCUT2D eigenvalue weighted by Gasteiger charge is -2.04. The fourth-order valence-electron chi connectivity index (χ4n) is 0.739. The zero-order chi connectivity index (χ0) is 10.2. The highest BCUT2D eigenvalue weighted by atomic mass is 79.9. The van der Waals surface area contributed by atoms with Crippen molar-refractivity contribution in [2.45, 2.75) is 4.90 Å². The van der Waals surface area contributed by atoms with E-state index in [1.54, 1.807) is 6.07 Å². The summed E-state index contributed by atoms with van der Waals surface area (Å²) >= 11 is 11.9. The molecule has 0 aliphatic rings. The van der Waals surface area contributed by atoms with Gasteiger partial charge in [0.05, 0.1) is 9.37 Å². The topological polar surface area (TPSA) is 60.2 Å². The van der Waals surface area contributed by atoms with Gasteiger partial charge in [0.2, 0.25) is 10.0 Å². The van der Waals surface area contributed by atoms with E-state index < -0.39 is 10.0 Å². The molecule has 0 fully saturated rings. The van der Waals surface area contributed by atoms with Gasteiger partial charge in [0.1, 0.15) is 0 Å². The Hall–Kier alpha value is 0.380. The van der Waals surface area contributed by atoms with Crippen molar-refractivity contribution in [2.24, 2.45) is 5.14 Å². The minimum atomic E-state index is -3.74. The van der Waals surface area contributed by atoms with Gasteiger partial charge in [-0.15, -0.1) is 0 Å². The molecule has 1 aromatic rings. The predicted molar refractivity (Wildman–Crippen MR) is 58.2 cm³/mol. The molecule has 0 unspecified atom stereocenters. The number of hydrogen-bond acceptors (Lipinski definition) is 2. The van der Waals surface area contributed by atoms with Crippen molar-refractivity contribution in [3.05, 3.63) is 26.1 Å². The first-order valence-corrected chi connectivity index (χ1v) is 6.51. The lowest BCUT2D eigenvalue weighted by Crippen LogP contribution is -2.12. The van der Waals surface area contributed by atoms with Crippen LogP contribution in [0.3, 0.4) is 0 Å². The predicted octanol–water partition coefficient (Wildman–Crippen LogP) is 2.51. The summed E-state index contributed by atoms with van der Waals surface area (Å²) < 4.78 is 23.0. The van der Waals surface area contributed by atoms with Crippen LogP contribution in [0.25, 0.3) is 0 Å². The minimum Gasteiger partial charge on any atom is -0.225 e. The molecule has 0 aromatic heterocycles. The third-order valence-electron chi connectivity index (χ3n) is 1.27. The quantitative estimate of drug-likeness (QED) is 0.792. The third kappa shape index (κ3) is 2.66. The molecular formula is C6H4Br2ClNO2S. The summed E-state index contributed by atoms with van der Waals surface area (Å²) in [5.74, 6) is 0. The van der Waals surface area contributed by atoms with Crippen molar-refractivity contribution in [1.29, 1.82) is 0 Å². The number of rotatable bonds is 1. The normalized spacial score (nSPS) is 11.7. The molecule has 2 N–H and O–H groups in total. The Balaban J connectivity index is 3.56. The van der Waals surface area contributed by atoms with E-state index in [9.17, 15) is 8.42 Å². The van der Waals surface area contributed by atoms with Gasteiger partial charge in [0, 0.05) is 9.50 Å². The van der Waals surface area contributed by atoms with Gasteiger partial charge in [-0.3, -0.25) is 0 Å². The van der Waals surface area contributed by atoms with Crippen LogP contribution < -0.4 is 5.14 Å². The fourth-order valence-corrected chi connectivity index (χ4v) is 3.30. The highest BCUT2D eigenvalue weighted by Gasteiger charge is 2.15. The number of halogens is 3. The standard InChI is InChI=1S/C6H4Br2ClNO2S/c7-4-1-3(9)2-5(6(4)8)13(10,11)12/h1-2H,(H2,10,11,12). The van der Waals surface area contributed by atoms with E-state index >= 15 is 0 Å². The van der Waals surface area contributed by atoms with Crippen LogP contribution in [-0.2, 0) is 10.0 Å². The van der Waals surface area contributed by atoms with Crippen LogP contribution in [0.1, 0.15) is 0 Å². The second kappa shape index (κ2) is 3.86. The summed E-state index contributed by atoms with van der Waals surface area (Å²) in [5.41, 5.74) is 0. The summed E-state index contributed by atoms with van der Waals surface area (Å²) in [4.78, 5) is -0.0353. The van der Waals surface area contributed by atoms with E-state index in [4.69, 9.17) is 16.7 Å². The molecule has 3 nitrogen and oxygen atoms in total. The Labute approximate surface area is 97.6 Å². The van der Waals surface area contributed by atoms with Crippen LogP contribution in [0.4, 0.5) is 0 Å². The van der Waals surface area contributed by atoms with Crippen LogP contribution >= 0.6 is 43.5 Å². The van der Waals surface area contributed by atoms with Crippen molar-refractivity contribution >= 4 is 53.5 Å². The van der Waals surface area contributed by atoms with E-state index in [0.717, 1.165) is 0 Å². The highest BCUT2D eigenvalue weighted by molar-refractivity contribution is 9.13. The monoisotopic (exact) mass is 347 g/mol. The number of primary sulfonamides is 1. The molecule has 0 atom stereocenters. The molecule has 72 valence electrons. The summed E-state index contributed by atoms with van der Waals surface area (Å²) in [7, 11) is -3.74. The third-order valence-corrected chi connectivity index (χ3v) is 4.69. The number of sulfonamides is 1. The van der Waals surface area contributed by atoms with Crippen molar-refractivity contribution in [3.8, 4) is 0 Å². The van der Waals surface area contributed by atoms with E-state index in [0.29, 0.717) is 14.0 Å². The fraction of sp³-hybridized carbons (Fsp3) is 0. The first kappa shape index (κ1) is 11.5. The maximum Gasteiger partial charge on any atom is 0.239 e. The molecule has 0 bridgehead atoms. The van der Waals surface area contributed by atoms with Crippen molar-refractivity contribution in [2.75, 3.05) is 0 Å². The molecule has 1 aromatic carbocycles. The molecule has 13 heavy (non-hydrogen) atoms. The van der Waals surface area contributed by atoms with E-state index in [1.807, 2.05) is 0 Å². The number of benzene rings is 1. The smallest absolute Gasteiger partial charge is 0.225 e. The lowest BCUT2D eigenvalue weighted by molar-refractivity contribution is 0.597. The van der Waals surface area contributed by atoms with Gasteiger partial charge in [-0.1, -0.05) is 11.6 Å². The summed E-state index contributed by atoms with van der Waals surface area (Å²) in [6.07, 6.45) is 0. The highest BCUT2D eigenvalue weighted by Crippen LogP contribution is 2.32. The first-order chi connectivity index (χ1) is 5.82. The molecule has 0 aliphatic heterocycles. The van der Waals surface area contributed by atoms with Crippen LogP contribution in [0.5, 0.6) is 0 Å². The second-order valence-corrected chi connectivity index (χ2v) is 5.86. The lowest BCUT2D eigenvalue weighted by atomic mass is 10.4. The summed E-state index contributed by atoms with van der Waals surface area (Å²) in [6.45, 7) is 0. The molecule has 0 radical (unpaired) electrons. The Morgan fingerprint density at radius 3 is 2.31 bits per heavy atom. The van der Waals surface area contributed by atoms with Crippen molar-refractivity contribution in [3.63, 3.8) is 0 Å². The molecular weight excluding hydrogens is 345 g/mol. The zero-order valence-electron chi connectivity index (χ0n) is 6.09. The van der Waals surface area contributed by atoms with E-state index in [2.05, 4.69) is 31.9 Å². The van der Waals surface area contributed by atoms with Gasteiger partial charge >= 0.3 is 0 Å².